The lowest BCUT2D eigenvalue weighted by Gasteiger charge is -2.45. The number of carbonyl (C=O) groups excluding carboxylic acids is 1. The summed E-state index contributed by atoms with van der Waals surface area (Å²) in [6.07, 6.45) is 5.35. The summed E-state index contributed by atoms with van der Waals surface area (Å²) in [5, 5.41) is 13.8. The minimum Gasteiger partial charge on any atom is -1.00 e. The van der Waals surface area contributed by atoms with E-state index < -0.39 is 0 Å². The molecule has 126 valence electrons. The fraction of sp³-hybridized carbons (Fsp3) is 0.421. The number of phenols is 1. The van der Waals surface area contributed by atoms with Crippen molar-refractivity contribution < 1.29 is 27.2 Å². The van der Waals surface area contributed by atoms with Crippen LogP contribution < -0.4 is 22.6 Å². The first-order chi connectivity index (χ1) is 11.2. The van der Waals surface area contributed by atoms with Crippen molar-refractivity contribution in [3.8, 4) is 5.75 Å². The molecule has 2 unspecified atom stereocenters. The fourth-order valence-corrected chi connectivity index (χ4v) is 5.72. The zero-order valence-electron chi connectivity index (χ0n) is 13.6. The number of fused-ring (bicyclic) bond motifs is 2. The number of rotatable bonds is 1. The molecule has 1 aliphatic carbocycles. The molecule has 2 bridgehead atoms. The topological polar surface area (TPSA) is 53.8 Å². The number of allylic oxidation sites excluding steroid dienone is 2. The SMILES string of the molecule is C/C=C1/C[NH+]2CCC34C(=C(C=O)[C@H]1C[C@H]23)Nc1c(O)cccc14.[Cl-]. The molecule has 3 heterocycles. The lowest BCUT2D eigenvalue weighted by atomic mass is 9.62. The van der Waals surface area contributed by atoms with Gasteiger partial charge in [0.25, 0.3) is 0 Å². The minimum atomic E-state index is -0.102. The van der Waals surface area contributed by atoms with E-state index >= 15 is 0 Å². The van der Waals surface area contributed by atoms with Gasteiger partial charge in [0.05, 0.1) is 24.2 Å². The number of benzene rings is 1. The van der Waals surface area contributed by atoms with Crippen LogP contribution in [0.2, 0.25) is 0 Å². The Bertz CT molecular complexity index is 801. The molecule has 4 nitrogen and oxygen atoms in total. The number of hydrogen-bond donors (Lipinski definition) is 3. The summed E-state index contributed by atoms with van der Waals surface area (Å²) < 4.78 is 0. The Morgan fingerprint density at radius 1 is 1.42 bits per heavy atom. The molecule has 5 heteroatoms. The fourth-order valence-electron chi connectivity index (χ4n) is 5.72. The second-order valence-electron chi connectivity index (χ2n) is 7.28. The summed E-state index contributed by atoms with van der Waals surface area (Å²) in [7, 11) is 0. The molecule has 1 spiro atoms. The van der Waals surface area contributed by atoms with Gasteiger partial charge >= 0.3 is 0 Å². The third-order valence-corrected chi connectivity index (χ3v) is 6.66. The van der Waals surface area contributed by atoms with Crippen LogP contribution in [0.15, 0.2) is 41.1 Å². The summed E-state index contributed by atoms with van der Waals surface area (Å²) in [5.74, 6) is 0.537. The van der Waals surface area contributed by atoms with Crippen LogP contribution in [0.5, 0.6) is 5.75 Å². The molecule has 1 aromatic carbocycles. The van der Waals surface area contributed by atoms with Gasteiger partial charge in [-0.1, -0.05) is 18.2 Å². The quantitative estimate of drug-likeness (QED) is 0.318. The highest BCUT2D eigenvalue weighted by atomic mass is 35.5. The monoisotopic (exact) mass is 344 g/mol. The van der Waals surface area contributed by atoms with Crippen molar-refractivity contribution in [2.24, 2.45) is 5.92 Å². The second kappa shape index (κ2) is 5.11. The van der Waals surface area contributed by atoms with Gasteiger partial charge in [-0.3, -0.25) is 4.79 Å². The Morgan fingerprint density at radius 3 is 3.00 bits per heavy atom. The summed E-state index contributed by atoms with van der Waals surface area (Å²) in [4.78, 5) is 13.6. The highest BCUT2D eigenvalue weighted by Crippen LogP contribution is 2.58. The Kier molecular flexibility index (Phi) is 3.35. The highest BCUT2D eigenvalue weighted by Gasteiger charge is 2.64. The first kappa shape index (κ1) is 15.7. The largest absolute Gasteiger partial charge is 1.00 e. The van der Waals surface area contributed by atoms with Crippen LogP contribution in [0.25, 0.3) is 0 Å². The number of phenolic OH excluding ortho intramolecular Hbond substituents is 1. The molecule has 3 N–H and O–H groups in total. The van der Waals surface area contributed by atoms with E-state index in [-0.39, 0.29) is 23.7 Å². The number of halogens is 1. The molecule has 0 radical (unpaired) electrons. The first-order valence-corrected chi connectivity index (χ1v) is 8.49. The van der Waals surface area contributed by atoms with Crippen molar-refractivity contribution in [3.63, 3.8) is 0 Å². The van der Waals surface area contributed by atoms with E-state index in [9.17, 15) is 9.90 Å². The van der Waals surface area contributed by atoms with E-state index in [0.29, 0.717) is 11.8 Å². The van der Waals surface area contributed by atoms with Gasteiger partial charge < -0.3 is 27.7 Å². The molecular weight excluding hydrogens is 324 g/mol. The van der Waals surface area contributed by atoms with Crippen LogP contribution in [-0.2, 0) is 10.2 Å². The highest BCUT2D eigenvalue weighted by molar-refractivity contribution is 5.85. The lowest BCUT2D eigenvalue weighted by molar-refractivity contribution is -0.914. The number of aromatic hydroxyl groups is 1. The molecule has 0 saturated carbocycles. The lowest BCUT2D eigenvalue weighted by Crippen LogP contribution is -3.16. The number of nitrogens with one attached hydrogen (secondary N) is 2. The van der Waals surface area contributed by atoms with E-state index in [1.54, 1.807) is 11.0 Å². The van der Waals surface area contributed by atoms with Gasteiger partial charge in [0.1, 0.15) is 18.1 Å². The normalized spacial score (nSPS) is 36.7. The van der Waals surface area contributed by atoms with Crippen LogP contribution in [0.1, 0.15) is 25.3 Å². The number of carbonyl (C=O) groups is 1. The smallest absolute Gasteiger partial charge is 0.148 e. The maximum atomic E-state index is 12.0. The first-order valence-electron chi connectivity index (χ1n) is 8.49. The molecular formula is C19H21ClN2O2. The summed E-state index contributed by atoms with van der Waals surface area (Å²) in [6, 6.07) is 6.29. The van der Waals surface area contributed by atoms with Gasteiger partial charge in [-0.2, -0.15) is 0 Å². The van der Waals surface area contributed by atoms with Gasteiger partial charge in [-0.05, 0) is 24.1 Å². The third kappa shape index (κ3) is 1.60. The van der Waals surface area contributed by atoms with Crippen molar-refractivity contribution in [3.05, 3.63) is 46.7 Å². The van der Waals surface area contributed by atoms with Crippen LogP contribution in [-0.4, -0.2) is 30.5 Å². The van der Waals surface area contributed by atoms with Crippen LogP contribution in [0.3, 0.4) is 0 Å². The maximum absolute atomic E-state index is 12.0. The molecule has 3 aliphatic heterocycles. The van der Waals surface area contributed by atoms with Crippen LogP contribution >= 0.6 is 0 Å². The molecule has 0 amide bonds. The Hall–Kier alpha value is -1.78. The van der Waals surface area contributed by atoms with Gasteiger partial charge in [0.15, 0.2) is 0 Å². The summed E-state index contributed by atoms with van der Waals surface area (Å²) in [5.41, 5.74) is 5.27. The molecule has 4 aliphatic rings. The maximum Gasteiger partial charge on any atom is 0.148 e. The average molecular weight is 345 g/mol. The predicted octanol–water partition coefficient (Wildman–Crippen LogP) is -1.85. The molecule has 24 heavy (non-hydrogen) atoms. The van der Waals surface area contributed by atoms with Crippen molar-refractivity contribution in [1.29, 1.82) is 0 Å². The zero-order valence-corrected chi connectivity index (χ0v) is 14.4. The number of para-hydroxylation sites is 1. The van der Waals surface area contributed by atoms with Crippen LogP contribution in [0, 0.1) is 5.92 Å². The number of hydrogen-bond acceptors (Lipinski definition) is 3. The molecule has 1 aromatic rings. The standard InChI is InChI=1S/C19H20N2O2.ClH/c1-2-11-9-21-7-6-19-14-4-3-5-15(23)17(14)20-18(19)13(10-22)12(11)8-16(19)21;/h2-5,10,12,16,20,23H,6-9H2,1H3;1H/b11-2-;/t12-,16-,19?;/m0./s1. The zero-order chi connectivity index (χ0) is 15.8. The molecule has 4 atom stereocenters. The molecule has 2 fully saturated rings. The minimum absolute atomic E-state index is 0. The van der Waals surface area contributed by atoms with Crippen molar-refractivity contribution in [2.45, 2.75) is 31.2 Å². The third-order valence-electron chi connectivity index (χ3n) is 6.66. The van der Waals surface area contributed by atoms with Gasteiger partial charge in [0, 0.05) is 30.0 Å². The second-order valence-corrected chi connectivity index (χ2v) is 7.28. The van der Waals surface area contributed by atoms with E-state index in [0.717, 1.165) is 49.2 Å². The van der Waals surface area contributed by atoms with E-state index in [2.05, 4.69) is 24.4 Å². The van der Waals surface area contributed by atoms with Gasteiger partial charge in [-0.25, -0.2) is 0 Å². The Balaban J connectivity index is 0.00000146. The number of aldehydes is 1. The van der Waals surface area contributed by atoms with Crippen LogP contribution in [0.4, 0.5) is 5.69 Å². The predicted molar refractivity (Wildman–Crippen MR) is 87.5 cm³/mol. The van der Waals surface area contributed by atoms with Crippen molar-refractivity contribution >= 4 is 12.0 Å². The van der Waals surface area contributed by atoms with E-state index in [4.69, 9.17) is 0 Å². The molecule has 2 saturated heterocycles. The Morgan fingerprint density at radius 2 is 2.25 bits per heavy atom. The number of quaternary nitrogens is 1. The molecule has 0 aromatic heterocycles. The Labute approximate surface area is 147 Å². The number of piperidine rings is 1. The van der Waals surface area contributed by atoms with Gasteiger partial charge in [0.2, 0.25) is 0 Å². The summed E-state index contributed by atoms with van der Waals surface area (Å²) in [6.45, 7) is 4.26. The van der Waals surface area contributed by atoms with Crippen molar-refractivity contribution in [2.75, 3.05) is 18.4 Å². The van der Waals surface area contributed by atoms with Gasteiger partial charge in [-0.15, -0.1) is 0 Å². The summed E-state index contributed by atoms with van der Waals surface area (Å²) >= 11 is 0. The van der Waals surface area contributed by atoms with E-state index in [1.807, 2.05) is 6.07 Å². The van der Waals surface area contributed by atoms with E-state index in [1.165, 1.54) is 11.1 Å². The number of anilines is 1. The molecule has 5 rings (SSSR count). The van der Waals surface area contributed by atoms with Crippen molar-refractivity contribution in [1.82, 2.24) is 0 Å². The average Bonchev–Trinajstić information content (AvgIpc) is 3.12.